The smallest absolute Gasteiger partial charge is 0.228 e. The van der Waals surface area contributed by atoms with Gasteiger partial charge in [0, 0.05) is 45.1 Å². The third-order valence-electron chi connectivity index (χ3n) is 7.22. The van der Waals surface area contributed by atoms with Crippen LogP contribution in [0.2, 0.25) is 0 Å². The molecule has 2 aromatic rings. The van der Waals surface area contributed by atoms with Crippen LogP contribution in [0.3, 0.4) is 0 Å². The van der Waals surface area contributed by atoms with Gasteiger partial charge in [-0.25, -0.2) is 4.39 Å². The van der Waals surface area contributed by atoms with E-state index in [2.05, 4.69) is 12.1 Å². The molecule has 2 saturated heterocycles. The summed E-state index contributed by atoms with van der Waals surface area (Å²) in [7, 11) is 0. The van der Waals surface area contributed by atoms with Gasteiger partial charge in [-0.2, -0.15) is 0 Å². The predicted molar refractivity (Wildman–Crippen MR) is 122 cm³/mol. The number of para-hydroxylation sites is 1. The third-order valence-corrected chi connectivity index (χ3v) is 7.22. The number of fused-ring (bicyclic) bond motifs is 1. The normalized spacial score (nSPS) is 21.3. The molecule has 0 radical (unpaired) electrons. The van der Waals surface area contributed by atoms with Crippen LogP contribution in [0.25, 0.3) is 0 Å². The van der Waals surface area contributed by atoms with Gasteiger partial charge in [0.25, 0.3) is 0 Å². The number of amides is 3. The zero-order valence-electron chi connectivity index (χ0n) is 18.6. The van der Waals surface area contributed by atoms with Crippen molar-refractivity contribution in [2.45, 2.75) is 32.2 Å². The fourth-order valence-corrected chi connectivity index (χ4v) is 5.32. The summed E-state index contributed by atoms with van der Waals surface area (Å²) in [6.45, 7) is 2.63. The van der Waals surface area contributed by atoms with E-state index in [4.69, 9.17) is 0 Å². The zero-order valence-corrected chi connectivity index (χ0v) is 18.6. The van der Waals surface area contributed by atoms with Crippen molar-refractivity contribution in [3.8, 4) is 0 Å². The van der Waals surface area contributed by atoms with Crippen molar-refractivity contribution in [3.05, 3.63) is 65.5 Å². The Morgan fingerprint density at radius 2 is 1.48 bits per heavy atom. The number of carbonyl (C=O) groups is 3. The molecule has 2 fully saturated rings. The van der Waals surface area contributed by atoms with E-state index in [9.17, 15) is 18.8 Å². The lowest BCUT2D eigenvalue weighted by Gasteiger charge is -2.36. The summed E-state index contributed by atoms with van der Waals surface area (Å²) in [6, 6.07) is 14.4. The van der Waals surface area contributed by atoms with Gasteiger partial charge in [-0.1, -0.05) is 36.4 Å². The Bertz CT molecular complexity index is 1080. The molecule has 0 saturated carbocycles. The molecule has 33 heavy (non-hydrogen) atoms. The zero-order chi connectivity index (χ0) is 22.9. The highest BCUT2D eigenvalue weighted by Gasteiger charge is 2.39. The number of hydrogen-bond donors (Lipinski definition) is 0. The number of benzene rings is 2. The fourth-order valence-electron chi connectivity index (χ4n) is 5.32. The molecule has 7 heteroatoms. The second kappa shape index (κ2) is 8.96. The van der Waals surface area contributed by atoms with E-state index in [-0.39, 0.29) is 42.3 Å². The molecule has 172 valence electrons. The van der Waals surface area contributed by atoms with Gasteiger partial charge >= 0.3 is 0 Å². The average molecular weight is 450 g/mol. The predicted octanol–water partition coefficient (Wildman–Crippen LogP) is 3.00. The molecular formula is C26H28FN3O3. The molecular weight excluding hydrogens is 421 g/mol. The molecule has 3 aliphatic heterocycles. The lowest BCUT2D eigenvalue weighted by atomic mass is 9.92. The maximum absolute atomic E-state index is 14.1. The quantitative estimate of drug-likeness (QED) is 0.724. The molecule has 3 heterocycles. The minimum absolute atomic E-state index is 0.0695. The maximum atomic E-state index is 14.1. The molecule has 0 bridgehead atoms. The van der Waals surface area contributed by atoms with Gasteiger partial charge in [0.2, 0.25) is 17.7 Å². The molecule has 0 spiro atoms. The number of likely N-dealkylation sites (tertiary alicyclic amines) is 1. The molecule has 0 N–H and O–H groups in total. The summed E-state index contributed by atoms with van der Waals surface area (Å²) < 4.78 is 14.1. The SMILES string of the molecule is O=C(C1CCN(C(=O)[C@H]2CC(=O)N(c3ccccc3F)C2)CC1)N1CCc2ccccc2C1. The Morgan fingerprint density at radius 3 is 2.24 bits per heavy atom. The van der Waals surface area contributed by atoms with Crippen molar-refractivity contribution >= 4 is 23.4 Å². The molecule has 0 unspecified atom stereocenters. The van der Waals surface area contributed by atoms with Crippen LogP contribution < -0.4 is 4.90 Å². The van der Waals surface area contributed by atoms with Crippen molar-refractivity contribution in [1.29, 1.82) is 0 Å². The Morgan fingerprint density at radius 1 is 0.818 bits per heavy atom. The van der Waals surface area contributed by atoms with Gasteiger partial charge in [-0.05, 0) is 42.5 Å². The molecule has 5 rings (SSSR count). The third kappa shape index (κ3) is 4.24. The van der Waals surface area contributed by atoms with Crippen molar-refractivity contribution < 1.29 is 18.8 Å². The van der Waals surface area contributed by atoms with E-state index >= 15 is 0 Å². The summed E-state index contributed by atoms with van der Waals surface area (Å²) in [5.41, 5.74) is 2.76. The molecule has 0 aromatic heterocycles. The number of nitrogens with zero attached hydrogens (tertiary/aromatic N) is 3. The Kier molecular flexibility index (Phi) is 5.87. The van der Waals surface area contributed by atoms with E-state index in [0.29, 0.717) is 32.5 Å². The minimum atomic E-state index is -0.469. The first kappa shape index (κ1) is 21.6. The topological polar surface area (TPSA) is 60.9 Å². The second-order valence-corrected chi connectivity index (χ2v) is 9.23. The van der Waals surface area contributed by atoms with Crippen LogP contribution in [0, 0.1) is 17.7 Å². The molecule has 2 aromatic carbocycles. The van der Waals surface area contributed by atoms with Crippen LogP contribution >= 0.6 is 0 Å². The maximum Gasteiger partial charge on any atom is 0.228 e. The first-order valence-corrected chi connectivity index (χ1v) is 11.7. The second-order valence-electron chi connectivity index (χ2n) is 9.23. The van der Waals surface area contributed by atoms with Gasteiger partial charge < -0.3 is 14.7 Å². The van der Waals surface area contributed by atoms with Crippen LogP contribution in [0.15, 0.2) is 48.5 Å². The highest BCUT2D eigenvalue weighted by atomic mass is 19.1. The summed E-state index contributed by atoms with van der Waals surface area (Å²) in [5.74, 6) is -1.12. The number of carbonyl (C=O) groups excluding carboxylic acids is 3. The number of halogens is 1. The van der Waals surface area contributed by atoms with E-state index in [1.165, 1.54) is 22.1 Å². The van der Waals surface area contributed by atoms with Gasteiger partial charge in [-0.3, -0.25) is 14.4 Å². The van der Waals surface area contributed by atoms with Crippen molar-refractivity contribution in [3.63, 3.8) is 0 Å². The summed E-state index contributed by atoms with van der Waals surface area (Å²) >= 11 is 0. The first-order valence-electron chi connectivity index (χ1n) is 11.7. The Labute approximate surface area is 193 Å². The minimum Gasteiger partial charge on any atom is -0.342 e. The lowest BCUT2D eigenvalue weighted by Crippen LogP contribution is -2.47. The Balaban J connectivity index is 1.16. The van der Waals surface area contributed by atoms with Gasteiger partial charge in [0.1, 0.15) is 5.82 Å². The van der Waals surface area contributed by atoms with Gasteiger partial charge in [-0.15, -0.1) is 0 Å². The van der Waals surface area contributed by atoms with Gasteiger partial charge in [0.05, 0.1) is 11.6 Å². The van der Waals surface area contributed by atoms with E-state index in [0.717, 1.165) is 13.0 Å². The summed E-state index contributed by atoms with van der Waals surface area (Å²) in [6.07, 6.45) is 2.26. The van der Waals surface area contributed by atoms with E-state index in [1.807, 2.05) is 17.0 Å². The van der Waals surface area contributed by atoms with Crippen LogP contribution in [-0.4, -0.2) is 53.7 Å². The number of piperidine rings is 1. The molecule has 0 aliphatic carbocycles. The fraction of sp³-hybridized carbons (Fsp3) is 0.423. The lowest BCUT2D eigenvalue weighted by molar-refractivity contribution is -0.143. The molecule has 3 amide bonds. The Hall–Kier alpha value is -3.22. The van der Waals surface area contributed by atoms with Crippen LogP contribution in [0.1, 0.15) is 30.4 Å². The van der Waals surface area contributed by atoms with Crippen molar-refractivity contribution in [2.24, 2.45) is 11.8 Å². The average Bonchev–Trinajstić information content (AvgIpc) is 3.24. The van der Waals surface area contributed by atoms with E-state index in [1.54, 1.807) is 23.1 Å². The van der Waals surface area contributed by atoms with Crippen LogP contribution in [0.4, 0.5) is 10.1 Å². The largest absolute Gasteiger partial charge is 0.342 e. The molecule has 6 nitrogen and oxygen atoms in total. The molecule has 3 aliphatic rings. The first-order chi connectivity index (χ1) is 16.0. The number of rotatable bonds is 3. The number of anilines is 1. The van der Waals surface area contributed by atoms with Crippen molar-refractivity contribution in [2.75, 3.05) is 31.1 Å². The monoisotopic (exact) mass is 449 g/mol. The van der Waals surface area contributed by atoms with Crippen LogP contribution in [0.5, 0.6) is 0 Å². The standard InChI is InChI=1S/C26H28FN3O3/c27-22-7-3-4-8-23(22)30-17-21(15-24(30)31)26(33)28-12-10-19(11-13-28)25(32)29-14-9-18-5-1-2-6-20(18)16-29/h1-8,19,21H,9-17H2/t21-/m0/s1. The summed E-state index contributed by atoms with van der Waals surface area (Å²) in [4.78, 5) is 43.8. The van der Waals surface area contributed by atoms with Crippen molar-refractivity contribution in [1.82, 2.24) is 9.80 Å². The highest BCUT2D eigenvalue weighted by molar-refractivity contribution is 6.00. The molecule has 1 atom stereocenters. The summed E-state index contributed by atoms with van der Waals surface area (Å²) in [5, 5.41) is 0. The number of hydrogen-bond acceptors (Lipinski definition) is 3. The van der Waals surface area contributed by atoms with Crippen LogP contribution in [-0.2, 0) is 27.3 Å². The van der Waals surface area contributed by atoms with E-state index < -0.39 is 11.7 Å². The highest BCUT2D eigenvalue weighted by Crippen LogP contribution is 2.30. The van der Waals surface area contributed by atoms with Gasteiger partial charge in [0.15, 0.2) is 0 Å².